The minimum absolute atomic E-state index is 0.230. The Morgan fingerprint density at radius 1 is 1.06 bits per heavy atom. The third kappa shape index (κ3) is 3.07. The number of hydrogen-bond donors (Lipinski definition) is 0. The Kier molecular flexibility index (Phi) is 3.57. The van der Waals surface area contributed by atoms with Gasteiger partial charge < -0.3 is 4.74 Å². The summed E-state index contributed by atoms with van der Waals surface area (Å²) in [5.74, 6) is 0.560. The molecule has 82 valence electrons. The summed E-state index contributed by atoms with van der Waals surface area (Å²) in [5, 5.41) is 0. The molecule has 0 saturated carbocycles. The highest BCUT2D eigenvalue weighted by Gasteiger charge is 1.97. The van der Waals surface area contributed by atoms with Crippen LogP contribution in [0.1, 0.15) is 5.56 Å². The lowest BCUT2D eigenvalue weighted by Gasteiger charge is -2.06. The quantitative estimate of drug-likeness (QED) is 0.820. The molecule has 2 aromatic rings. The van der Waals surface area contributed by atoms with E-state index in [1.807, 2.05) is 24.3 Å². The summed E-state index contributed by atoms with van der Waals surface area (Å²) in [6.45, 7) is 0.441. The number of ether oxygens (including phenoxy) is 1. The summed E-state index contributed by atoms with van der Waals surface area (Å²) < 4.78 is 19.2. The van der Waals surface area contributed by atoms with E-state index in [9.17, 15) is 4.39 Å². The van der Waals surface area contributed by atoms with Crippen LogP contribution >= 0.6 is 15.9 Å². The van der Waals surface area contributed by atoms with Gasteiger partial charge in [0.05, 0.1) is 0 Å². The minimum atomic E-state index is -0.230. The van der Waals surface area contributed by atoms with Crippen molar-refractivity contribution >= 4 is 15.9 Å². The number of hydrogen-bond acceptors (Lipinski definition) is 1. The van der Waals surface area contributed by atoms with E-state index in [2.05, 4.69) is 15.9 Å². The molecule has 0 radical (unpaired) electrons. The Hall–Kier alpha value is -1.35. The first-order valence-electron chi connectivity index (χ1n) is 4.87. The van der Waals surface area contributed by atoms with E-state index >= 15 is 0 Å². The van der Waals surface area contributed by atoms with Crippen LogP contribution in [0.5, 0.6) is 5.75 Å². The molecule has 16 heavy (non-hydrogen) atoms. The maximum absolute atomic E-state index is 12.7. The highest BCUT2D eigenvalue weighted by molar-refractivity contribution is 9.10. The van der Waals surface area contributed by atoms with Crippen LogP contribution in [-0.2, 0) is 6.61 Å². The molecule has 0 heterocycles. The second kappa shape index (κ2) is 5.12. The van der Waals surface area contributed by atoms with E-state index in [1.165, 1.54) is 12.1 Å². The van der Waals surface area contributed by atoms with Crippen molar-refractivity contribution in [1.82, 2.24) is 0 Å². The van der Waals surface area contributed by atoms with Crippen molar-refractivity contribution in [3.05, 3.63) is 64.4 Å². The van der Waals surface area contributed by atoms with Gasteiger partial charge in [0.25, 0.3) is 0 Å². The molecule has 2 aromatic carbocycles. The van der Waals surface area contributed by atoms with Crippen molar-refractivity contribution < 1.29 is 9.13 Å². The van der Waals surface area contributed by atoms with Gasteiger partial charge in [0.15, 0.2) is 0 Å². The zero-order chi connectivity index (χ0) is 11.4. The van der Waals surface area contributed by atoms with Crippen LogP contribution < -0.4 is 4.74 Å². The summed E-state index contributed by atoms with van der Waals surface area (Å²) in [6.07, 6.45) is 0. The molecule has 0 aliphatic heterocycles. The van der Waals surface area contributed by atoms with Crippen molar-refractivity contribution in [3.63, 3.8) is 0 Å². The molecule has 0 spiro atoms. The van der Waals surface area contributed by atoms with Crippen molar-refractivity contribution in [1.29, 1.82) is 0 Å². The van der Waals surface area contributed by atoms with Crippen LogP contribution in [0.3, 0.4) is 0 Å². The molecule has 0 aromatic heterocycles. The first-order valence-corrected chi connectivity index (χ1v) is 5.66. The third-order valence-electron chi connectivity index (χ3n) is 2.11. The van der Waals surface area contributed by atoms with E-state index in [0.29, 0.717) is 6.61 Å². The summed E-state index contributed by atoms with van der Waals surface area (Å²) in [6, 6.07) is 13.9. The molecular formula is C13H10BrFO. The smallest absolute Gasteiger partial charge is 0.123 e. The van der Waals surface area contributed by atoms with E-state index in [0.717, 1.165) is 15.8 Å². The van der Waals surface area contributed by atoms with E-state index in [4.69, 9.17) is 4.74 Å². The van der Waals surface area contributed by atoms with E-state index in [1.54, 1.807) is 12.1 Å². The Morgan fingerprint density at radius 3 is 2.50 bits per heavy atom. The fraction of sp³-hybridized carbons (Fsp3) is 0.0769. The third-order valence-corrected chi connectivity index (χ3v) is 2.61. The molecule has 2 rings (SSSR count). The van der Waals surface area contributed by atoms with Crippen LogP contribution in [-0.4, -0.2) is 0 Å². The van der Waals surface area contributed by atoms with Crippen molar-refractivity contribution in [2.75, 3.05) is 0 Å². The summed E-state index contributed by atoms with van der Waals surface area (Å²) in [5.41, 5.74) is 0.946. The second-order valence-electron chi connectivity index (χ2n) is 3.37. The van der Waals surface area contributed by atoms with E-state index in [-0.39, 0.29) is 5.82 Å². The molecule has 0 atom stereocenters. The number of rotatable bonds is 3. The summed E-state index contributed by atoms with van der Waals surface area (Å²) in [7, 11) is 0. The van der Waals surface area contributed by atoms with Crippen molar-refractivity contribution in [2.24, 2.45) is 0 Å². The van der Waals surface area contributed by atoms with Gasteiger partial charge in [-0.25, -0.2) is 4.39 Å². The van der Waals surface area contributed by atoms with Crippen molar-refractivity contribution in [2.45, 2.75) is 6.61 Å². The Bertz CT molecular complexity index is 468. The maximum atomic E-state index is 12.7. The lowest BCUT2D eigenvalue weighted by Crippen LogP contribution is -1.95. The van der Waals surface area contributed by atoms with Gasteiger partial charge in [-0.15, -0.1) is 0 Å². The standard InChI is InChI=1S/C13H10BrFO/c14-11-2-1-3-13(8-11)16-9-10-4-6-12(15)7-5-10/h1-8H,9H2. The summed E-state index contributed by atoms with van der Waals surface area (Å²) >= 11 is 3.37. The average Bonchev–Trinajstić information content (AvgIpc) is 2.28. The fourth-order valence-corrected chi connectivity index (χ4v) is 1.68. The molecule has 0 saturated heterocycles. The zero-order valence-electron chi connectivity index (χ0n) is 8.49. The molecule has 0 fully saturated rings. The molecule has 0 aliphatic rings. The van der Waals surface area contributed by atoms with Gasteiger partial charge in [0.1, 0.15) is 18.2 Å². The van der Waals surface area contributed by atoms with Gasteiger partial charge >= 0.3 is 0 Å². The van der Waals surface area contributed by atoms with E-state index < -0.39 is 0 Å². The Morgan fingerprint density at radius 2 is 1.81 bits per heavy atom. The number of halogens is 2. The highest BCUT2D eigenvalue weighted by atomic mass is 79.9. The Balaban J connectivity index is 1.99. The van der Waals surface area contributed by atoms with Gasteiger partial charge in [-0.3, -0.25) is 0 Å². The predicted molar refractivity (Wildman–Crippen MR) is 64.9 cm³/mol. The fourth-order valence-electron chi connectivity index (χ4n) is 1.30. The zero-order valence-corrected chi connectivity index (χ0v) is 10.1. The van der Waals surface area contributed by atoms with Crippen LogP contribution in [0.4, 0.5) is 4.39 Å². The molecule has 0 amide bonds. The molecule has 0 N–H and O–H groups in total. The van der Waals surface area contributed by atoms with Crippen molar-refractivity contribution in [3.8, 4) is 5.75 Å². The second-order valence-corrected chi connectivity index (χ2v) is 4.29. The first kappa shape index (κ1) is 11.1. The minimum Gasteiger partial charge on any atom is -0.489 e. The molecule has 0 aliphatic carbocycles. The van der Waals surface area contributed by atoms with Crippen LogP contribution in [0.25, 0.3) is 0 Å². The molecular weight excluding hydrogens is 271 g/mol. The lowest BCUT2D eigenvalue weighted by molar-refractivity contribution is 0.306. The molecule has 3 heteroatoms. The molecule has 0 bridgehead atoms. The van der Waals surface area contributed by atoms with Gasteiger partial charge in [-0.05, 0) is 35.9 Å². The van der Waals surface area contributed by atoms with Crippen LogP contribution in [0, 0.1) is 5.82 Å². The SMILES string of the molecule is Fc1ccc(COc2cccc(Br)c2)cc1. The number of benzene rings is 2. The normalized spacial score (nSPS) is 10.1. The predicted octanol–water partition coefficient (Wildman–Crippen LogP) is 4.17. The first-order chi connectivity index (χ1) is 7.74. The van der Waals surface area contributed by atoms with Gasteiger partial charge in [0.2, 0.25) is 0 Å². The highest BCUT2D eigenvalue weighted by Crippen LogP contribution is 2.18. The molecule has 0 unspecified atom stereocenters. The monoisotopic (exact) mass is 280 g/mol. The molecule has 1 nitrogen and oxygen atoms in total. The Labute approximate surface area is 102 Å². The van der Waals surface area contributed by atoms with Crippen LogP contribution in [0.15, 0.2) is 53.0 Å². The summed E-state index contributed by atoms with van der Waals surface area (Å²) in [4.78, 5) is 0. The largest absolute Gasteiger partial charge is 0.489 e. The van der Waals surface area contributed by atoms with Gasteiger partial charge in [-0.1, -0.05) is 34.1 Å². The maximum Gasteiger partial charge on any atom is 0.123 e. The average molecular weight is 281 g/mol. The van der Waals surface area contributed by atoms with Gasteiger partial charge in [-0.2, -0.15) is 0 Å². The topological polar surface area (TPSA) is 9.23 Å². The van der Waals surface area contributed by atoms with Crippen LogP contribution in [0.2, 0.25) is 0 Å². The van der Waals surface area contributed by atoms with Gasteiger partial charge in [0, 0.05) is 4.47 Å². The lowest BCUT2D eigenvalue weighted by atomic mass is 10.2.